The Labute approximate surface area is 315 Å². The van der Waals surface area contributed by atoms with Crippen molar-refractivity contribution in [2.45, 2.75) is 79.0 Å². The molecule has 0 aliphatic heterocycles. The number of rotatable bonds is 13. The highest BCUT2D eigenvalue weighted by molar-refractivity contribution is 6.06. The van der Waals surface area contributed by atoms with Crippen LogP contribution in [-0.2, 0) is 29.2 Å². The zero-order valence-corrected chi connectivity index (χ0v) is 31.0. The Morgan fingerprint density at radius 3 is 2.31 bits per heavy atom. The van der Waals surface area contributed by atoms with E-state index in [4.69, 9.17) is 15.9 Å². The van der Waals surface area contributed by atoms with Gasteiger partial charge in [-0.05, 0) is 68.7 Å². The van der Waals surface area contributed by atoms with Crippen molar-refractivity contribution >= 4 is 35.2 Å². The third-order valence-corrected chi connectivity index (χ3v) is 7.55. The Bertz CT molecular complexity index is 2030. The molecule has 0 fully saturated rings. The van der Waals surface area contributed by atoms with Crippen LogP contribution in [0.4, 0.5) is 29.5 Å². The first kappa shape index (κ1) is 43.0. The van der Waals surface area contributed by atoms with E-state index in [9.17, 15) is 37.5 Å². The summed E-state index contributed by atoms with van der Waals surface area (Å²) in [7, 11) is 0. The van der Waals surface area contributed by atoms with E-state index in [1.54, 1.807) is 30.3 Å². The highest BCUT2D eigenvalue weighted by atomic mass is 19.4. The average Bonchev–Trinajstić information content (AvgIpc) is 3.10. The molecule has 294 valence electrons. The van der Waals surface area contributed by atoms with Crippen LogP contribution in [0.3, 0.4) is 0 Å². The molecule has 0 radical (unpaired) electrons. The second kappa shape index (κ2) is 19.6. The number of alkyl carbamates (subject to hydrolysis) is 1. The number of carbonyl (C=O) groups is 3. The van der Waals surface area contributed by atoms with Gasteiger partial charge in [0.15, 0.2) is 5.82 Å². The summed E-state index contributed by atoms with van der Waals surface area (Å²) in [6, 6.07) is 18.0. The summed E-state index contributed by atoms with van der Waals surface area (Å²) < 4.78 is 37.4. The summed E-state index contributed by atoms with van der Waals surface area (Å²) in [5.74, 6) is -1.46. The van der Waals surface area contributed by atoms with Gasteiger partial charge in [0.2, 0.25) is 5.91 Å². The lowest BCUT2D eigenvalue weighted by Gasteiger charge is -2.17. The number of nitrogen functional groups attached to an aromatic ring is 1. The van der Waals surface area contributed by atoms with Crippen molar-refractivity contribution in [1.82, 2.24) is 25.5 Å². The van der Waals surface area contributed by atoms with Crippen LogP contribution in [0.15, 0.2) is 77.7 Å². The zero-order chi connectivity index (χ0) is 40.9. The number of halogens is 3. The molecule has 55 heavy (non-hydrogen) atoms. The number of anilines is 2. The van der Waals surface area contributed by atoms with Crippen molar-refractivity contribution in [3.05, 3.63) is 106 Å². The van der Waals surface area contributed by atoms with Gasteiger partial charge in [0.05, 0.1) is 17.5 Å². The fourth-order valence-electron chi connectivity index (χ4n) is 4.81. The molecular formula is C38H45F3N8O6. The van der Waals surface area contributed by atoms with E-state index < -0.39 is 30.3 Å². The molecular weight excluding hydrogens is 721 g/mol. The predicted octanol–water partition coefficient (Wildman–Crippen LogP) is 5.68. The van der Waals surface area contributed by atoms with Gasteiger partial charge in [-0.25, -0.2) is 9.78 Å². The second-order valence-electron chi connectivity index (χ2n) is 12.8. The molecule has 3 aromatic carbocycles. The highest BCUT2D eigenvalue weighted by Gasteiger charge is 2.19. The maximum Gasteiger partial charge on any atom is 0.413 e. The van der Waals surface area contributed by atoms with E-state index in [1.165, 1.54) is 29.0 Å². The fraction of sp³-hybridized carbons (Fsp3) is 0.316. The SMILES string of the molecule is CC(F)(F)F.CCC(C)NC(=O)c1cc(N)cc(-c2cnc(NC(C)C)c(=O)n2CC(=O)NCc2ccc(C(=N)NC(=O)OCc3ccccc3)c(O)c2)c1. The summed E-state index contributed by atoms with van der Waals surface area (Å²) in [5, 5.41) is 29.7. The molecule has 1 atom stereocenters. The van der Waals surface area contributed by atoms with Crippen LogP contribution in [-0.4, -0.2) is 56.7 Å². The lowest BCUT2D eigenvalue weighted by molar-refractivity contribution is -0.121. The Morgan fingerprint density at radius 1 is 1.02 bits per heavy atom. The molecule has 17 heteroatoms. The number of aromatic nitrogens is 2. The molecule has 8 N–H and O–H groups in total. The highest BCUT2D eigenvalue weighted by Crippen LogP contribution is 2.24. The van der Waals surface area contributed by atoms with Gasteiger partial charge in [-0.3, -0.25) is 29.7 Å². The average molecular weight is 767 g/mol. The Balaban J connectivity index is 0.00000152. The van der Waals surface area contributed by atoms with Crippen LogP contribution in [0.25, 0.3) is 11.3 Å². The van der Waals surface area contributed by atoms with Crippen LogP contribution in [0.5, 0.6) is 5.75 Å². The van der Waals surface area contributed by atoms with Gasteiger partial charge in [0.25, 0.3) is 11.5 Å². The fourth-order valence-corrected chi connectivity index (χ4v) is 4.81. The van der Waals surface area contributed by atoms with E-state index in [-0.39, 0.29) is 66.7 Å². The standard InChI is InChI=1S/C36H42N8O6.C2H3F3/c1-5-22(4)42-34(47)26-14-25(15-27(37)16-26)29-18-40-33(41-21(2)3)35(48)44(29)19-31(46)39-17-24-11-12-28(30(45)13-24)32(38)43-36(49)50-20-23-9-7-6-8-10-23;1-2(3,4)5/h6-16,18,21-22,45H,5,17,19-20,37H2,1-4H3,(H,39,46)(H,40,41)(H,42,47)(H2,38,43,49);1H3. The predicted molar refractivity (Wildman–Crippen MR) is 203 cm³/mol. The van der Waals surface area contributed by atoms with Crippen LogP contribution >= 0.6 is 0 Å². The largest absolute Gasteiger partial charge is 0.507 e. The summed E-state index contributed by atoms with van der Waals surface area (Å²) in [4.78, 5) is 56.2. The molecule has 0 bridgehead atoms. The van der Waals surface area contributed by atoms with Gasteiger partial charge < -0.3 is 31.5 Å². The van der Waals surface area contributed by atoms with Gasteiger partial charge in [0.1, 0.15) is 24.7 Å². The number of alkyl halides is 3. The molecule has 0 saturated heterocycles. The molecule has 0 saturated carbocycles. The minimum absolute atomic E-state index is 0.0168. The van der Waals surface area contributed by atoms with Gasteiger partial charge in [-0.15, -0.1) is 0 Å². The molecule has 4 aromatic rings. The molecule has 14 nitrogen and oxygen atoms in total. The first-order chi connectivity index (χ1) is 25.8. The second-order valence-corrected chi connectivity index (χ2v) is 12.8. The summed E-state index contributed by atoms with van der Waals surface area (Å²) in [6.07, 6.45) is -2.67. The van der Waals surface area contributed by atoms with Crippen molar-refractivity contribution in [1.29, 1.82) is 5.41 Å². The van der Waals surface area contributed by atoms with E-state index in [2.05, 4.69) is 26.3 Å². The number of phenolic OH excluding ortho intramolecular Hbond substituents is 1. The van der Waals surface area contributed by atoms with E-state index in [0.717, 1.165) is 12.0 Å². The third kappa shape index (κ3) is 14.2. The van der Waals surface area contributed by atoms with E-state index in [0.29, 0.717) is 22.4 Å². The van der Waals surface area contributed by atoms with E-state index >= 15 is 0 Å². The Kier molecular flexibility index (Phi) is 15.3. The normalized spacial score (nSPS) is 11.4. The number of ether oxygens (including phenoxy) is 1. The first-order valence-corrected chi connectivity index (χ1v) is 17.1. The maximum absolute atomic E-state index is 13.6. The van der Waals surface area contributed by atoms with Crippen molar-refractivity contribution in [2.75, 3.05) is 11.1 Å². The maximum atomic E-state index is 13.6. The van der Waals surface area contributed by atoms with Crippen molar-refractivity contribution in [3.8, 4) is 17.0 Å². The number of hydrogen-bond donors (Lipinski definition) is 7. The van der Waals surface area contributed by atoms with Crippen molar-refractivity contribution < 1.29 is 37.4 Å². The molecule has 0 spiro atoms. The minimum Gasteiger partial charge on any atom is -0.507 e. The Hall–Kier alpha value is -6.39. The molecule has 1 unspecified atom stereocenters. The number of nitrogens with two attached hydrogens (primary N) is 1. The van der Waals surface area contributed by atoms with Crippen molar-refractivity contribution in [2.24, 2.45) is 0 Å². The van der Waals surface area contributed by atoms with Crippen LogP contribution in [0.1, 0.15) is 68.1 Å². The van der Waals surface area contributed by atoms with Gasteiger partial charge in [-0.1, -0.05) is 43.3 Å². The molecule has 0 aliphatic rings. The minimum atomic E-state index is -4.00. The first-order valence-electron chi connectivity index (χ1n) is 17.1. The van der Waals surface area contributed by atoms with Crippen LogP contribution < -0.4 is 32.6 Å². The molecule has 3 amide bonds. The number of nitrogens with zero attached hydrogens (tertiary/aromatic N) is 2. The number of carbonyl (C=O) groups excluding carboxylic acids is 3. The number of amides is 3. The number of phenols is 1. The smallest absolute Gasteiger partial charge is 0.413 e. The third-order valence-electron chi connectivity index (χ3n) is 7.55. The van der Waals surface area contributed by atoms with Gasteiger partial charge in [0, 0.05) is 42.4 Å². The number of hydrogen-bond acceptors (Lipinski definition) is 10. The number of amidine groups is 1. The topological polar surface area (TPSA) is 214 Å². The Morgan fingerprint density at radius 2 is 1.69 bits per heavy atom. The summed E-state index contributed by atoms with van der Waals surface area (Å²) in [5.41, 5.74) is 8.22. The quantitative estimate of drug-likeness (QED) is 0.0506. The molecule has 0 aliphatic carbocycles. The lowest BCUT2D eigenvalue weighted by Crippen LogP contribution is -2.35. The lowest BCUT2D eigenvalue weighted by atomic mass is 10.1. The summed E-state index contributed by atoms with van der Waals surface area (Å²) >= 11 is 0. The van der Waals surface area contributed by atoms with Gasteiger partial charge >= 0.3 is 12.3 Å². The molecule has 1 heterocycles. The van der Waals surface area contributed by atoms with Gasteiger partial charge in [-0.2, -0.15) is 13.2 Å². The van der Waals surface area contributed by atoms with Crippen LogP contribution in [0, 0.1) is 5.41 Å². The molecule has 4 rings (SSSR count). The van der Waals surface area contributed by atoms with Crippen LogP contribution in [0.2, 0.25) is 0 Å². The molecule has 1 aromatic heterocycles. The van der Waals surface area contributed by atoms with E-state index in [1.807, 2.05) is 45.9 Å². The number of aromatic hydroxyl groups is 1. The number of benzene rings is 3. The summed E-state index contributed by atoms with van der Waals surface area (Å²) in [6.45, 7) is 7.33. The monoisotopic (exact) mass is 766 g/mol. The zero-order valence-electron chi connectivity index (χ0n) is 31.0. The number of nitrogens with one attached hydrogen (secondary N) is 5. The van der Waals surface area contributed by atoms with Crippen molar-refractivity contribution in [3.63, 3.8) is 0 Å².